The summed E-state index contributed by atoms with van der Waals surface area (Å²) in [5, 5.41) is 9.73. The van der Waals surface area contributed by atoms with Crippen molar-refractivity contribution in [3.05, 3.63) is 54.1 Å². The van der Waals surface area contributed by atoms with E-state index in [-0.39, 0.29) is 24.8 Å². The van der Waals surface area contributed by atoms with Crippen LogP contribution in [0.3, 0.4) is 0 Å². The van der Waals surface area contributed by atoms with Crippen LogP contribution in [0.15, 0.2) is 48.5 Å². The van der Waals surface area contributed by atoms with Crippen molar-refractivity contribution in [2.24, 2.45) is 5.92 Å². The van der Waals surface area contributed by atoms with Gasteiger partial charge in [0.2, 0.25) is 11.9 Å². The molecule has 0 saturated carbocycles. The number of nitrogens with zero attached hydrogens (tertiary/aromatic N) is 3. The van der Waals surface area contributed by atoms with Crippen LogP contribution >= 0.6 is 0 Å². The van der Waals surface area contributed by atoms with E-state index in [9.17, 15) is 14.7 Å². The van der Waals surface area contributed by atoms with Crippen molar-refractivity contribution in [3.8, 4) is 5.75 Å². The van der Waals surface area contributed by atoms with Crippen LogP contribution in [0.5, 0.6) is 5.75 Å². The Morgan fingerprint density at radius 3 is 2.60 bits per heavy atom. The number of rotatable bonds is 6. The molecule has 0 saturated heterocycles. The number of hydrogen-bond donors (Lipinski definition) is 1. The second-order valence-corrected chi connectivity index (χ2v) is 7.02. The van der Waals surface area contributed by atoms with Crippen molar-refractivity contribution in [1.29, 1.82) is 0 Å². The van der Waals surface area contributed by atoms with Gasteiger partial charge in [-0.3, -0.25) is 14.5 Å². The molecule has 1 N–H and O–H groups in total. The van der Waals surface area contributed by atoms with E-state index in [1.807, 2.05) is 28.8 Å². The number of imidazole rings is 1. The van der Waals surface area contributed by atoms with Crippen LogP contribution in [-0.2, 0) is 19.1 Å². The van der Waals surface area contributed by atoms with Crippen molar-refractivity contribution in [3.63, 3.8) is 0 Å². The first-order valence-corrected chi connectivity index (χ1v) is 9.79. The summed E-state index contributed by atoms with van der Waals surface area (Å²) in [7, 11) is 1.56. The maximum absolute atomic E-state index is 13.5. The molecular weight excluding hydrogens is 386 g/mol. The SMILES string of the molecule is CCOC(=O)C1C(=O)N(CCOC)c2nc3ccccc3n2C1c1ccc(O)cc1. The lowest BCUT2D eigenvalue weighted by Gasteiger charge is -2.37. The highest BCUT2D eigenvalue weighted by molar-refractivity contribution is 6.08. The lowest BCUT2D eigenvalue weighted by Crippen LogP contribution is -2.51. The smallest absolute Gasteiger partial charge is 0.321 e. The van der Waals surface area contributed by atoms with E-state index in [0.29, 0.717) is 18.1 Å². The predicted octanol–water partition coefficient (Wildman–Crippen LogP) is 2.50. The van der Waals surface area contributed by atoms with Gasteiger partial charge in [0.15, 0.2) is 5.92 Å². The third kappa shape index (κ3) is 3.29. The van der Waals surface area contributed by atoms with Crippen LogP contribution in [0, 0.1) is 5.92 Å². The second-order valence-electron chi connectivity index (χ2n) is 7.02. The van der Waals surface area contributed by atoms with Gasteiger partial charge in [-0.2, -0.15) is 0 Å². The first-order chi connectivity index (χ1) is 14.6. The van der Waals surface area contributed by atoms with Gasteiger partial charge in [-0.25, -0.2) is 4.98 Å². The molecule has 0 fully saturated rings. The number of carbonyl (C=O) groups excluding carboxylic acids is 2. The van der Waals surface area contributed by atoms with Crippen LogP contribution in [0.1, 0.15) is 18.5 Å². The predicted molar refractivity (Wildman–Crippen MR) is 110 cm³/mol. The molecule has 0 bridgehead atoms. The maximum atomic E-state index is 13.5. The number of para-hydroxylation sites is 2. The highest BCUT2D eigenvalue weighted by atomic mass is 16.5. The molecule has 4 rings (SSSR count). The number of hydrogen-bond acceptors (Lipinski definition) is 6. The molecule has 1 aliphatic rings. The quantitative estimate of drug-likeness (QED) is 0.497. The fourth-order valence-corrected chi connectivity index (χ4v) is 3.91. The van der Waals surface area contributed by atoms with Crippen molar-refractivity contribution in [2.45, 2.75) is 13.0 Å². The molecule has 0 aliphatic carbocycles. The van der Waals surface area contributed by atoms with E-state index in [1.54, 1.807) is 26.2 Å². The number of esters is 1. The van der Waals surface area contributed by atoms with E-state index in [4.69, 9.17) is 9.47 Å². The Kier molecular flexibility index (Phi) is 5.41. The molecular formula is C22H23N3O5. The molecule has 1 aliphatic heterocycles. The molecule has 0 spiro atoms. The van der Waals surface area contributed by atoms with E-state index < -0.39 is 17.9 Å². The summed E-state index contributed by atoms with van der Waals surface area (Å²) in [6.45, 7) is 2.44. The first-order valence-electron chi connectivity index (χ1n) is 9.79. The number of methoxy groups -OCH3 is 1. The van der Waals surface area contributed by atoms with Crippen molar-refractivity contribution in [1.82, 2.24) is 9.55 Å². The summed E-state index contributed by atoms with van der Waals surface area (Å²) in [6, 6.07) is 13.4. The Morgan fingerprint density at radius 1 is 1.17 bits per heavy atom. The summed E-state index contributed by atoms with van der Waals surface area (Å²) < 4.78 is 12.4. The minimum atomic E-state index is -1.09. The molecule has 1 amide bonds. The Hall–Kier alpha value is -3.39. The number of benzene rings is 2. The highest BCUT2D eigenvalue weighted by Crippen LogP contribution is 2.41. The molecule has 8 heteroatoms. The molecule has 156 valence electrons. The van der Waals surface area contributed by atoms with E-state index >= 15 is 0 Å². The molecule has 2 atom stereocenters. The average molecular weight is 409 g/mol. The second kappa shape index (κ2) is 8.16. The number of aromatic nitrogens is 2. The number of phenols is 1. The van der Waals surface area contributed by atoms with Crippen molar-refractivity contribution >= 4 is 28.9 Å². The first kappa shape index (κ1) is 19.9. The van der Waals surface area contributed by atoms with Gasteiger partial charge in [0.1, 0.15) is 5.75 Å². The maximum Gasteiger partial charge on any atom is 0.321 e. The number of ether oxygens (including phenoxy) is 2. The Bertz CT molecular complexity index is 1080. The molecule has 30 heavy (non-hydrogen) atoms. The molecule has 0 radical (unpaired) electrons. The van der Waals surface area contributed by atoms with Crippen molar-refractivity contribution < 1.29 is 24.2 Å². The normalized spacial score (nSPS) is 18.5. The summed E-state index contributed by atoms with van der Waals surface area (Å²) >= 11 is 0. The van der Waals surface area contributed by atoms with Gasteiger partial charge in [-0.15, -0.1) is 0 Å². The fourth-order valence-electron chi connectivity index (χ4n) is 3.91. The number of fused-ring (bicyclic) bond motifs is 3. The molecule has 2 unspecified atom stereocenters. The van der Waals surface area contributed by atoms with Gasteiger partial charge in [0.25, 0.3) is 0 Å². The minimum absolute atomic E-state index is 0.103. The third-order valence-corrected chi connectivity index (χ3v) is 5.24. The fraction of sp³-hybridized carbons (Fsp3) is 0.318. The van der Waals surface area contributed by atoms with Crippen molar-refractivity contribution in [2.75, 3.05) is 31.8 Å². The Balaban J connectivity index is 1.97. The summed E-state index contributed by atoms with van der Waals surface area (Å²) in [5.74, 6) is -1.50. The molecule has 8 nitrogen and oxygen atoms in total. The van der Waals surface area contributed by atoms with Crippen LogP contribution < -0.4 is 4.90 Å². The lowest BCUT2D eigenvalue weighted by molar-refractivity contribution is -0.153. The summed E-state index contributed by atoms with van der Waals surface area (Å²) in [6.07, 6.45) is 0. The monoisotopic (exact) mass is 409 g/mol. The molecule has 1 aromatic heterocycles. The largest absolute Gasteiger partial charge is 0.508 e. The topological polar surface area (TPSA) is 93.9 Å². The Morgan fingerprint density at radius 2 is 1.90 bits per heavy atom. The number of anilines is 1. The number of amides is 1. The van der Waals surface area contributed by atoms with Gasteiger partial charge >= 0.3 is 5.97 Å². The van der Waals surface area contributed by atoms with Gasteiger partial charge in [0, 0.05) is 7.11 Å². The van der Waals surface area contributed by atoms with Crippen LogP contribution in [0.25, 0.3) is 11.0 Å². The Labute approximate surface area is 173 Å². The zero-order valence-electron chi connectivity index (χ0n) is 16.8. The zero-order valence-corrected chi connectivity index (χ0v) is 16.8. The average Bonchev–Trinajstić information content (AvgIpc) is 3.12. The number of aromatic hydroxyl groups is 1. The number of carbonyl (C=O) groups is 2. The van der Waals surface area contributed by atoms with Gasteiger partial charge in [0.05, 0.1) is 36.8 Å². The van der Waals surface area contributed by atoms with E-state index in [1.165, 1.54) is 17.0 Å². The molecule has 2 heterocycles. The van der Waals surface area contributed by atoms with Crippen LogP contribution in [0.4, 0.5) is 5.95 Å². The third-order valence-electron chi connectivity index (χ3n) is 5.24. The molecule has 2 aromatic carbocycles. The zero-order chi connectivity index (χ0) is 21.3. The summed E-state index contributed by atoms with van der Waals surface area (Å²) in [4.78, 5) is 32.6. The van der Waals surface area contributed by atoms with Gasteiger partial charge in [-0.1, -0.05) is 24.3 Å². The van der Waals surface area contributed by atoms with Gasteiger partial charge < -0.3 is 19.1 Å². The number of phenolic OH excluding ortho intramolecular Hbond substituents is 1. The van der Waals surface area contributed by atoms with E-state index in [0.717, 1.165) is 11.0 Å². The van der Waals surface area contributed by atoms with E-state index in [2.05, 4.69) is 4.98 Å². The minimum Gasteiger partial charge on any atom is -0.508 e. The lowest BCUT2D eigenvalue weighted by atomic mass is 9.89. The van der Waals surface area contributed by atoms with Crippen LogP contribution in [-0.4, -0.2) is 53.4 Å². The summed E-state index contributed by atoms with van der Waals surface area (Å²) in [5.41, 5.74) is 2.22. The van der Waals surface area contributed by atoms with Crippen LogP contribution in [0.2, 0.25) is 0 Å². The molecule has 3 aromatic rings. The highest BCUT2D eigenvalue weighted by Gasteiger charge is 2.47. The standard InChI is InChI=1S/C22H23N3O5/c1-3-30-21(28)18-19(14-8-10-15(26)11-9-14)25-17-7-5-4-6-16(17)23-22(25)24(20(18)27)12-13-29-2/h4-11,18-19,26H,3,12-13H2,1-2H3. The van der Waals surface area contributed by atoms with Gasteiger partial charge in [-0.05, 0) is 36.8 Å².